The normalized spacial score (nSPS) is 13.1. The van der Waals surface area contributed by atoms with Gasteiger partial charge in [0.25, 0.3) is 0 Å². The zero-order valence-corrected chi connectivity index (χ0v) is 44.2. The van der Waals surface area contributed by atoms with Crippen LogP contribution in [0.1, 0.15) is 22.3 Å². The van der Waals surface area contributed by atoms with Crippen molar-refractivity contribution in [3.05, 3.63) is 301 Å². The van der Waals surface area contributed by atoms with Gasteiger partial charge in [-0.1, -0.05) is 206 Å². The molecule has 0 amide bonds. The standard InChI is InChI=1S/C77H46N2O3/c1-3-21-47(22-4-1)78(67-37-19-35-63-57-29-15-17-39-69(57)80-73(63)67)49-41-43-55-56-44-42-50(79(48-23-5-2-6-24-48)68-38-20-36-64-58-30-16-18-40-70(58)81-74(64)68)46-66(56)77(65(55)45-49)71-59-31-11-7-25-51(59)53-27-9-13-33-61(53)75(71)82-76-62-34-14-10-28-54(62)52-26-8-12-32-60(52)72(76)77/h1-46H. The summed E-state index contributed by atoms with van der Waals surface area (Å²) < 4.78 is 21.7. The second kappa shape index (κ2) is 17.1. The van der Waals surface area contributed by atoms with Gasteiger partial charge in [-0.05, 0) is 127 Å². The molecule has 1 aliphatic carbocycles. The van der Waals surface area contributed by atoms with Crippen LogP contribution in [0.15, 0.2) is 288 Å². The van der Waals surface area contributed by atoms with Crippen LogP contribution in [0.3, 0.4) is 0 Å². The minimum absolute atomic E-state index is 0.827. The molecule has 1 spiro atoms. The average molecular weight is 1050 g/mol. The van der Waals surface area contributed by atoms with E-state index >= 15 is 0 Å². The Balaban J connectivity index is 1.02. The Hall–Kier alpha value is -10.9. The van der Waals surface area contributed by atoms with Crippen molar-refractivity contribution in [2.24, 2.45) is 0 Å². The lowest BCUT2D eigenvalue weighted by molar-refractivity contribution is 0.451. The fourth-order valence-electron chi connectivity index (χ4n) is 14.3. The summed E-state index contributed by atoms with van der Waals surface area (Å²) in [6, 6.07) is 101. The number of ether oxygens (including phenoxy) is 1. The van der Waals surface area contributed by atoms with E-state index in [0.717, 1.165) is 155 Å². The highest BCUT2D eigenvalue weighted by Crippen LogP contribution is 2.68. The number of rotatable bonds is 6. The summed E-state index contributed by atoms with van der Waals surface area (Å²) >= 11 is 0. The predicted octanol–water partition coefficient (Wildman–Crippen LogP) is 21.5. The number of nitrogens with zero attached hydrogens (tertiary/aromatic N) is 2. The molecule has 0 N–H and O–H groups in total. The largest absolute Gasteiger partial charge is 0.455 e. The molecule has 3 heterocycles. The molecule has 382 valence electrons. The summed E-state index contributed by atoms with van der Waals surface area (Å²) in [5.74, 6) is 1.71. The van der Waals surface area contributed by atoms with Crippen LogP contribution in [0.5, 0.6) is 11.5 Å². The van der Waals surface area contributed by atoms with E-state index in [-0.39, 0.29) is 0 Å². The van der Waals surface area contributed by atoms with Gasteiger partial charge in [-0.15, -0.1) is 0 Å². The molecule has 18 rings (SSSR count). The molecule has 0 bridgehead atoms. The van der Waals surface area contributed by atoms with Crippen LogP contribution >= 0.6 is 0 Å². The maximum atomic E-state index is 7.88. The number of furan rings is 2. The van der Waals surface area contributed by atoms with E-state index in [1.165, 1.54) is 10.8 Å². The van der Waals surface area contributed by atoms with E-state index < -0.39 is 5.41 Å². The Bertz CT molecular complexity index is 5010. The van der Waals surface area contributed by atoms with Crippen molar-refractivity contribution in [1.29, 1.82) is 0 Å². The molecule has 14 aromatic carbocycles. The molecular weight excluding hydrogens is 1000 g/mol. The number of anilines is 6. The fraction of sp³-hybridized carbons (Fsp3) is 0.0130. The van der Waals surface area contributed by atoms with Crippen molar-refractivity contribution in [2.45, 2.75) is 5.41 Å². The quantitative estimate of drug-likeness (QED) is 0.155. The van der Waals surface area contributed by atoms with E-state index in [1.807, 2.05) is 12.1 Å². The lowest BCUT2D eigenvalue weighted by Crippen LogP contribution is -2.33. The summed E-state index contributed by atoms with van der Waals surface area (Å²) in [5, 5.41) is 13.3. The Morgan fingerprint density at radius 1 is 0.256 bits per heavy atom. The maximum absolute atomic E-state index is 7.88. The van der Waals surface area contributed by atoms with Crippen molar-refractivity contribution in [1.82, 2.24) is 0 Å². The average Bonchev–Trinajstić information content (AvgIpc) is 1.39. The summed E-state index contributed by atoms with van der Waals surface area (Å²) in [7, 11) is 0. The summed E-state index contributed by atoms with van der Waals surface area (Å²) in [4.78, 5) is 4.77. The molecule has 82 heavy (non-hydrogen) atoms. The van der Waals surface area contributed by atoms with Crippen molar-refractivity contribution in [2.75, 3.05) is 9.80 Å². The third kappa shape index (κ3) is 6.11. The second-order valence-corrected chi connectivity index (χ2v) is 21.7. The van der Waals surface area contributed by atoms with Gasteiger partial charge in [-0.2, -0.15) is 0 Å². The zero-order valence-electron chi connectivity index (χ0n) is 44.2. The third-order valence-electron chi connectivity index (χ3n) is 17.6. The molecule has 0 saturated carbocycles. The van der Waals surface area contributed by atoms with Crippen molar-refractivity contribution in [3.8, 4) is 22.6 Å². The first kappa shape index (κ1) is 45.0. The van der Waals surface area contributed by atoms with Gasteiger partial charge in [0, 0.05) is 66.2 Å². The van der Waals surface area contributed by atoms with E-state index in [2.05, 4.69) is 277 Å². The highest BCUT2D eigenvalue weighted by molar-refractivity contribution is 6.20. The van der Waals surface area contributed by atoms with Crippen molar-refractivity contribution >= 4 is 121 Å². The smallest absolute Gasteiger partial charge is 0.159 e. The molecule has 0 radical (unpaired) electrons. The molecule has 16 aromatic rings. The molecule has 0 fully saturated rings. The maximum Gasteiger partial charge on any atom is 0.159 e. The molecule has 2 aromatic heterocycles. The van der Waals surface area contributed by atoms with Crippen LogP contribution in [0.4, 0.5) is 34.1 Å². The fourth-order valence-corrected chi connectivity index (χ4v) is 14.3. The van der Waals surface area contributed by atoms with Gasteiger partial charge in [0.05, 0.1) is 16.8 Å². The van der Waals surface area contributed by atoms with Gasteiger partial charge < -0.3 is 23.4 Å². The molecule has 0 saturated heterocycles. The Morgan fingerprint density at radius 3 is 1.02 bits per heavy atom. The van der Waals surface area contributed by atoms with Gasteiger partial charge in [-0.3, -0.25) is 0 Å². The SMILES string of the molecule is c1ccc(N(c2ccc3c(c2)C2(c4cc(N(c5ccccc5)c5cccc6c5oc5ccccc56)ccc4-3)c3c(c4ccccc4c4ccccc34)Oc3c2c2ccccc2c2ccccc32)c2cccc3c2oc2ccccc23)cc1. The number of fused-ring (bicyclic) bond motifs is 25. The molecule has 5 nitrogen and oxygen atoms in total. The Morgan fingerprint density at radius 2 is 0.598 bits per heavy atom. The van der Waals surface area contributed by atoms with E-state index in [1.54, 1.807) is 0 Å². The minimum Gasteiger partial charge on any atom is -0.455 e. The van der Waals surface area contributed by atoms with Crippen LogP contribution in [-0.2, 0) is 5.41 Å². The van der Waals surface area contributed by atoms with Crippen LogP contribution in [0.25, 0.3) is 98.1 Å². The Kier molecular flexibility index (Phi) is 9.37. The van der Waals surface area contributed by atoms with Gasteiger partial charge >= 0.3 is 0 Å². The Labute approximate surface area is 471 Å². The highest BCUT2D eigenvalue weighted by Gasteiger charge is 2.54. The molecule has 1 aliphatic heterocycles. The van der Waals surface area contributed by atoms with Crippen LogP contribution in [0.2, 0.25) is 0 Å². The molecule has 0 atom stereocenters. The summed E-state index contributed by atoms with van der Waals surface area (Å²) in [5.41, 5.74) is 15.1. The highest BCUT2D eigenvalue weighted by atomic mass is 16.5. The van der Waals surface area contributed by atoms with E-state index in [9.17, 15) is 0 Å². The first-order valence-electron chi connectivity index (χ1n) is 28.1. The van der Waals surface area contributed by atoms with Crippen LogP contribution < -0.4 is 14.5 Å². The van der Waals surface area contributed by atoms with E-state index in [4.69, 9.17) is 13.6 Å². The lowest BCUT2D eigenvalue weighted by Gasteiger charge is -2.42. The first-order chi connectivity index (χ1) is 40.7. The molecule has 5 heteroatoms. The monoisotopic (exact) mass is 1050 g/mol. The lowest BCUT2D eigenvalue weighted by atomic mass is 9.62. The third-order valence-corrected chi connectivity index (χ3v) is 17.6. The summed E-state index contributed by atoms with van der Waals surface area (Å²) in [6.45, 7) is 0. The summed E-state index contributed by atoms with van der Waals surface area (Å²) in [6.07, 6.45) is 0. The van der Waals surface area contributed by atoms with E-state index in [0.29, 0.717) is 0 Å². The van der Waals surface area contributed by atoms with Gasteiger partial charge in [-0.25, -0.2) is 0 Å². The van der Waals surface area contributed by atoms with Crippen LogP contribution in [0, 0.1) is 0 Å². The molecule has 2 aliphatic rings. The number of hydrogen-bond acceptors (Lipinski definition) is 5. The second-order valence-electron chi connectivity index (χ2n) is 21.7. The van der Waals surface area contributed by atoms with Gasteiger partial charge in [0.2, 0.25) is 0 Å². The topological polar surface area (TPSA) is 42.0 Å². The van der Waals surface area contributed by atoms with Gasteiger partial charge in [0.1, 0.15) is 22.7 Å². The van der Waals surface area contributed by atoms with Crippen LogP contribution in [-0.4, -0.2) is 0 Å². The van der Waals surface area contributed by atoms with Crippen molar-refractivity contribution in [3.63, 3.8) is 0 Å². The van der Waals surface area contributed by atoms with Gasteiger partial charge in [0.15, 0.2) is 11.2 Å². The molecular formula is C77H46N2O3. The number of para-hydroxylation sites is 6. The number of hydrogen-bond donors (Lipinski definition) is 0. The minimum atomic E-state index is -1.01. The molecule has 0 unspecified atom stereocenters. The zero-order chi connectivity index (χ0) is 53.6. The number of benzene rings is 14. The first-order valence-corrected chi connectivity index (χ1v) is 28.1. The van der Waals surface area contributed by atoms with Crippen molar-refractivity contribution < 1.29 is 13.6 Å². The predicted molar refractivity (Wildman–Crippen MR) is 338 cm³/mol.